The summed E-state index contributed by atoms with van der Waals surface area (Å²) < 4.78 is 0. The third-order valence-electron chi connectivity index (χ3n) is 6.63. The Hall–Kier alpha value is -3.02. The molecule has 0 spiro atoms. The van der Waals surface area contributed by atoms with Crippen LogP contribution in [0.5, 0.6) is 0 Å². The van der Waals surface area contributed by atoms with Gasteiger partial charge < -0.3 is 20.0 Å². The van der Waals surface area contributed by atoms with E-state index in [1.54, 1.807) is 7.05 Å². The summed E-state index contributed by atoms with van der Waals surface area (Å²) in [7, 11) is 1.68. The molecule has 1 unspecified atom stereocenters. The number of anilines is 2. The Balaban J connectivity index is 1.48. The molecule has 32 heavy (non-hydrogen) atoms. The van der Waals surface area contributed by atoms with Crippen LogP contribution in [0.1, 0.15) is 25.3 Å². The van der Waals surface area contributed by atoms with Crippen LogP contribution in [0.25, 0.3) is 0 Å². The normalized spacial score (nSPS) is 19.3. The van der Waals surface area contributed by atoms with Gasteiger partial charge in [0, 0.05) is 45.7 Å². The molecular weight excluding hydrogens is 400 g/mol. The molecular formula is C26H34N4O2. The number of nitrogens with one attached hydrogen (secondary N) is 1. The van der Waals surface area contributed by atoms with Gasteiger partial charge in [0.05, 0.1) is 17.9 Å². The summed E-state index contributed by atoms with van der Waals surface area (Å²) >= 11 is 0. The first-order valence-corrected chi connectivity index (χ1v) is 11.7. The number of para-hydroxylation sites is 2. The second kappa shape index (κ2) is 10.1. The van der Waals surface area contributed by atoms with E-state index in [-0.39, 0.29) is 17.7 Å². The molecule has 6 nitrogen and oxygen atoms in total. The second-order valence-corrected chi connectivity index (χ2v) is 9.11. The number of likely N-dealkylation sites (tertiary alicyclic amines) is 1. The smallest absolute Gasteiger partial charge is 0.242 e. The summed E-state index contributed by atoms with van der Waals surface area (Å²) in [6, 6.07) is 19.0. The summed E-state index contributed by atoms with van der Waals surface area (Å²) in [5.74, 6) is 0.692. The molecule has 0 bridgehead atoms. The second-order valence-electron chi connectivity index (χ2n) is 9.11. The van der Waals surface area contributed by atoms with Crippen molar-refractivity contribution in [3.8, 4) is 0 Å². The number of amides is 2. The van der Waals surface area contributed by atoms with E-state index in [0.717, 1.165) is 38.2 Å². The Morgan fingerprint density at radius 1 is 0.906 bits per heavy atom. The number of carbonyl (C=O) groups is 2. The zero-order chi connectivity index (χ0) is 22.5. The fraction of sp³-hybridized carbons (Fsp3) is 0.462. The largest absolute Gasteiger partial charge is 0.365 e. The van der Waals surface area contributed by atoms with Crippen molar-refractivity contribution in [3.05, 3.63) is 60.2 Å². The number of rotatable bonds is 5. The molecule has 1 N–H and O–H groups in total. The number of hydrogen-bond donors (Lipinski definition) is 1. The van der Waals surface area contributed by atoms with Crippen molar-refractivity contribution in [2.45, 2.75) is 26.3 Å². The van der Waals surface area contributed by atoms with Gasteiger partial charge in [0.15, 0.2) is 0 Å². The minimum absolute atomic E-state index is 0.0227. The lowest BCUT2D eigenvalue weighted by atomic mass is 9.96. The summed E-state index contributed by atoms with van der Waals surface area (Å²) in [6.45, 7) is 6.61. The molecule has 2 aromatic rings. The van der Waals surface area contributed by atoms with Crippen LogP contribution in [0.3, 0.4) is 0 Å². The maximum Gasteiger partial charge on any atom is 0.242 e. The Bertz CT molecular complexity index is 924. The van der Waals surface area contributed by atoms with Crippen LogP contribution in [0.2, 0.25) is 0 Å². The van der Waals surface area contributed by atoms with E-state index in [1.807, 2.05) is 11.0 Å². The molecule has 2 amide bonds. The lowest BCUT2D eigenvalue weighted by Gasteiger charge is -2.34. The van der Waals surface area contributed by atoms with Gasteiger partial charge in [-0.3, -0.25) is 9.59 Å². The predicted molar refractivity (Wildman–Crippen MR) is 129 cm³/mol. The van der Waals surface area contributed by atoms with E-state index >= 15 is 0 Å². The Morgan fingerprint density at radius 3 is 2.16 bits per heavy atom. The average molecular weight is 435 g/mol. The quantitative estimate of drug-likeness (QED) is 0.786. The topological polar surface area (TPSA) is 55.9 Å². The van der Waals surface area contributed by atoms with E-state index < -0.39 is 0 Å². The fourth-order valence-electron chi connectivity index (χ4n) is 4.97. The Morgan fingerprint density at radius 2 is 1.50 bits per heavy atom. The lowest BCUT2D eigenvalue weighted by molar-refractivity contribution is -0.134. The summed E-state index contributed by atoms with van der Waals surface area (Å²) in [5.41, 5.74) is 3.60. The fourth-order valence-corrected chi connectivity index (χ4v) is 4.97. The van der Waals surface area contributed by atoms with Gasteiger partial charge in [-0.05, 0) is 36.5 Å². The van der Waals surface area contributed by atoms with Gasteiger partial charge in [0.1, 0.15) is 0 Å². The lowest BCUT2D eigenvalue weighted by Crippen LogP contribution is -2.46. The molecule has 1 atom stereocenters. The minimum Gasteiger partial charge on any atom is -0.365 e. The number of piperidine rings is 1. The van der Waals surface area contributed by atoms with Crippen molar-refractivity contribution in [1.82, 2.24) is 10.2 Å². The molecule has 4 rings (SSSR count). The molecule has 2 aromatic carbocycles. The Kier molecular flexibility index (Phi) is 6.98. The van der Waals surface area contributed by atoms with Gasteiger partial charge in [-0.1, -0.05) is 49.4 Å². The van der Waals surface area contributed by atoms with Gasteiger partial charge >= 0.3 is 0 Å². The van der Waals surface area contributed by atoms with Gasteiger partial charge in [0.2, 0.25) is 11.8 Å². The van der Waals surface area contributed by atoms with Crippen LogP contribution in [0, 0.1) is 11.8 Å². The van der Waals surface area contributed by atoms with Crippen LogP contribution >= 0.6 is 0 Å². The highest BCUT2D eigenvalue weighted by Gasteiger charge is 2.30. The minimum atomic E-state index is 0.0227. The molecule has 170 valence electrons. The third-order valence-corrected chi connectivity index (χ3v) is 6.63. The maximum absolute atomic E-state index is 13.2. The van der Waals surface area contributed by atoms with Crippen molar-refractivity contribution >= 4 is 23.2 Å². The van der Waals surface area contributed by atoms with Gasteiger partial charge in [-0.2, -0.15) is 0 Å². The monoisotopic (exact) mass is 434 g/mol. The molecule has 2 aliphatic heterocycles. The Labute approximate surface area is 191 Å². The molecule has 1 saturated heterocycles. The van der Waals surface area contributed by atoms with E-state index in [1.165, 1.54) is 11.3 Å². The first-order valence-electron chi connectivity index (χ1n) is 11.7. The van der Waals surface area contributed by atoms with Gasteiger partial charge in [-0.25, -0.2) is 0 Å². The third kappa shape index (κ3) is 5.06. The van der Waals surface area contributed by atoms with Gasteiger partial charge in [0.25, 0.3) is 0 Å². The van der Waals surface area contributed by atoms with Crippen LogP contribution < -0.4 is 15.1 Å². The van der Waals surface area contributed by atoms with Crippen molar-refractivity contribution in [2.24, 2.45) is 11.8 Å². The number of carbonyl (C=O) groups excluding carboxylic acids is 2. The summed E-state index contributed by atoms with van der Waals surface area (Å²) in [6.07, 6.45) is 1.48. The zero-order valence-electron chi connectivity index (χ0n) is 19.2. The first-order chi connectivity index (χ1) is 15.5. The molecule has 2 heterocycles. The molecule has 0 aromatic heterocycles. The molecule has 0 saturated carbocycles. The number of benzene rings is 2. The average Bonchev–Trinajstić information content (AvgIpc) is 2.95. The number of fused-ring (bicyclic) bond motifs is 1. The van der Waals surface area contributed by atoms with Crippen LogP contribution in [-0.4, -0.2) is 56.5 Å². The molecule has 1 fully saturated rings. The highest BCUT2D eigenvalue weighted by Crippen LogP contribution is 2.34. The predicted octanol–water partition coefficient (Wildman–Crippen LogP) is 3.13. The highest BCUT2D eigenvalue weighted by atomic mass is 16.2. The molecule has 6 heteroatoms. The van der Waals surface area contributed by atoms with Crippen LogP contribution in [-0.2, 0) is 16.1 Å². The van der Waals surface area contributed by atoms with Crippen molar-refractivity contribution in [2.75, 3.05) is 49.6 Å². The number of hydrogen-bond acceptors (Lipinski definition) is 4. The zero-order valence-corrected chi connectivity index (χ0v) is 19.2. The highest BCUT2D eigenvalue weighted by molar-refractivity contribution is 5.85. The SMILES string of the molecule is CNC(=O)C1CCN(C(=O)CN2CC(C)CN(Cc3ccccc3)c3ccccc32)CC1. The summed E-state index contributed by atoms with van der Waals surface area (Å²) in [5, 5.41) is 2.73. The van der Waals surface area contributed by atoms with Crippen molar-refractivity contribution in [1.29, 1.82) is 0 Å². The standard InChI is InChI=1S/C26H34N4O2/c1-20-16-29(18-21-8-4-3-5-9-21)23-10-6-7-11-24(23)30(17-20)19-25(31)28-14-12-22(13-15-28)26(32)27-2/h3-11,20,22H,12-19H2,1-2H3,(H,27,32). The van der Waals surface area contributed by atoms with Crippen molar-refractivity contribution in [3.63, 3.8) is 0 Å². The van der Waals surface area contributed by atoms with E-state index in [9.17, 15) is 9.59 Å². The number of nitrogens with zero attached hydrogens (tertiary/aromatic N) is 3. The van der Waals surface area contributed by atoms with E-state index in [4.69, 9.17) is 0 Å². The van der Waals surface area contributed by atoms with E-state index in [2.05, 4.69) is 70.6 Å². The van der Waals surface area contributed by atoms with Crippen molar-refractivity contribution < 1.29 is 9.59 Å². The molecule has 0 radical (unpaired) electrons. The van der Waals surface area contributed by atoms with E-state index in [0.29, 0.717) is 25.6 Å². The maximum atomic E-state index is 13.2. The van der Waals surface area contributed by atoms with Crippen LogP contribution in [0.4, 0.5) is 11.4 Å². The van der Waals surface area contributed by atoms with Crippen LogP contribution in [0.15, 0.2) is 54.6 Å². The first kappa shape index (κ1) is 22.2. The summed E-state index contributed by atoms with van der Waals surface area (Å²) in [4.78, 5) is 31.7. The molecule has 2 aliphatic rings. The van der Waals surface area contributed by atoms with Gasteiger partial charge in [-0.15, -0.1) is 0 Å². The molecule has 0 aliphatic carbocycles.